The molecule has 8 heteroatoms. The normalized spacial score (nSPS) is 13.6. The van der Waals surface area contributed by atoms with E-state index < -0.39 is 10.8 Å². The van der Waals surface area contributed by atoms with Gasteiger partial charge in [-0.3, -0.25) is 24.6 Å². The third-order valence-corrected chi connectivity index (χ3v) is 3.96. The summed E-state index contributed by atoms with van der Waals surface area (Å²) in [7, 11) is 0. The van der Waals surface area contributed by atoms with Gasteiger partial charge in [-0.2, -0.15) is 0 Å². The van der Waals surface area contributed by atoms with E-state index in [1.54, 1.807) is 18.2 Å². The number of nitrogens with two attached hydrogens (primary N) is 1. The highest BCUT2D eigenvalue weighted by atomic mass is 16.6. The zero-order valence-corrected chi connectivity index (χ0v) is 12.8. The number of carbonyl (C=O) groups is 2. The second kappa shape index (κ2) is 6.34. The number of nitrogens with zero attached hydrogens (tertiary/aromatic N) is 2. The Morgan fingerprint density at radius 1 is 1.12 bits per heavy atom. The lowest BCUT2D eigenvalue weighted by atomic mass is 9.93. The van der Waals surface area contributed by atoms with Crippen molar-refractivity contribution in [3.05, 3.63) is 51.6 Å². The summed E-state index contributed by atoms with van der Waals surface area (Å²) in [6.07, 6.45) is 0. The van der Waals surface area contributed by atoms with E-state index in [0.717, 1.165) is 4.90 Å². The number of imide groups is 1. The number of nitro benzene ring substituents is 1. The molecular formula is C16H16N4O4. The molecule has 2 amide bonds. The molecule has 0 saturated heterocycles. The summed E-state index contributed by atoms with van der Waals surface area (Å²) < 4.78 is 0. The molecule has 0 radical (unpaired) electrons. The number of hydrogen-bond acceptors (Lipinski definition) is 6. The van der Waals surface area contributed by atoms with Gasteiger partial charge in [0, 0.05) is 49.3 Å². The summed E-state index contributed by atoms with van der Waals surface area (Å²) in [5, 5.41) is 15.1. The first kappa shape index (κ1) is 16.0. The average molecular weight is 328 g/mol. The van der Waals surface area contributed by atoms with Crippen molar-refractivity contribution in [3.8, 4) is 0 Å². The van der Waals surface area contributed by atoms with Crippen LogP contribution in [-0.2, 0) is 0 Å². The average Bonchev–Trinajstić information content (AvgIpc) is 2.58. The highest BCUT2D eigenvalue weighted by molar-refractivity contribution is 6.25. The maximum Gasteiger partial charge on any atom is 0.270 e. The van der Waals surface area contributed by atoms with Gasteiger partial charge in [0.25, 0.3) is 17.5 Å². The molecule has 0 unspecified atom stereocenters. The molecular weight excluding hydrogens is 312 g/mol. The maximum atomic E-state index is 12.7. The predicted octanol–water partition coefficient (Wildman–Crippen LogP) is 0.892. The summed E-state index contributed by atoms with van der Waals surface area (Å²) in [4.78, 5) is 37.0. The third-order valence-electron chi connectivity index (χ3n) is 3.96. The minimum atomic E-state index is -0.542. The number of hydrogen-bond donors (Lipinski definition) is 2. The van der Waals surface area contributed by atoms with Crippen LogP contribution in [0.15, 0.2) is 30.3 Å². The fraction of sp³-hybridized carbons (Fsp3) is 0.250. The van der Waals surface area contributed by atoms with Gasteiger partial charge in [0.15, 0.2) is 0 Å². The van der Waals surface area contributed by atoms with Gasteiger partial charge in [-0.25, -0.2) is 0 Å². The lowest BCUT2D eigenvalue weighted by Crippen LogP contribution is -2.44. The van der Waals surface area contributed by atoms with Gasteiger partial charge < -0.3 is 11.1 Å². The predicted molar refractivity (Wildman–Crippen MR) is 87.9 cm³/mol. The van der Waals surface area contributed by atoms with Crippen molar-refractivity contribution in [2.75, 3.05) is 26.2 Å². The number of non-ortho nitro benzene ring substituents is 1. The summed E-state index contributed by atoms with van der Waals surface area (Å²) in [6.45, 7) is 1.62. The molecule has 0 bridgehead atoms. The molecule has 0 aromatic heterocycles. The lowest BCUT2D eigenvalue weighted by Gasteiger charge is -2.27. The van der Waals surface area contributed by atoms with Gasteiger partial charge in [0.05, 0.1) is 10.5 Å². The Bertz CT molecular complexity index is 849. The summed E-state index contributed by atoms with van der Waals surface area (Å²) in [6, 6.07) is 7.56. The van der Waals surface area contributed by atoms with Crippen LogP contribution in [0.25, 0.3) is 10.8 Å². The van der Waals surface area contributed by atoms with E-state index in [-0.39, 0.29) is 23.7 Å². The quantitative estimate of drug-likeness (QED) is 0.352. The van der Waals surface area contributed by atoms with E-state index in [9.17, 15) is 19.7 Å². The Balaban J connectivity index is 2.05. The van der Waals surface area contributed by atoms with Crippen LogP contribution in [0.1, 0.15) is 20.7 Å². The smallest absolute Gasteiger partial charge is 0.270 e. The highest BCUT2D eigenvalue weighted by Crippen LogP contribution is 2.33. The van der Waals surface area contributed by atoms with Crippen LogP contribution in [0.3, 0.4) is 0 Å². The zero-order chi connectivity index (χ0) is 17.3. The standard InChI is InChI=1S/C16H16N4O4/c17-4-5-18-6-7-19-15(21)12-3-1-2-10-8-11(20(23)24)9-13(14(10)12)16(19)22/h1-3,8-9,18H,4-7,17H2. The van der Waals surface area contributed by atoms with E-state index >= 15 is 0 Å². The Morgan fingerprint density at radius 3 is 2.58 bits per heavy atom. The summed E-state index contributed by atoms with van der Waals surface area (Å²) >= 11 is 0. The van der Waals surface area contributed by atoms with Crippen molar-refractivity contribution in [1.29, 1.82) is 0 Å². The largest absolute Gasteiger partial charge is 0.329 e. The number of carbonyl (C=O) groups excluding carboxylic acids is 2. The van der Waals surface area contributed by atoms with Gasteiger partial charge in [-0.1, -0.05) is 12.1 Å². The molecule has 0 aliphatic carbocycles. The first-order valence-corrected chi connectivity index (χ1v) is 7.52. The van der Waals surface area contributed by atoms with Crippen LogP contribution in [0.4, 0.5) is 5.69 Å². The van der Waals surface area contributed by atoms with Crippen LogP contribution >= 0.6 is 0 Å². The Kier molecular flexibility index (Phi) is 4.24. The number of nitro groups is 1. The number of benzene rings is 2. The van der Waals surface area contributed by atoms with Gasteiger partial charge in [-0.05, 0) is 11.5 Å². The molecule has 1 aliphatic rings. The lowest BCUT2D eigenvalue weighted by molar-refractivity contribution is -0.384. The van der Waals surface area contributed by atoms with Gasteiger partial charge >= 0.3 is 0 Å². The maximum absolute atomic E-state index is 12.7. The van der Waals surface area contributed by atoms with E-state index in [0.29, 0.717) is 36.0 Å². The van der Waals surface area contributed by atoms with Crippen LogP contribution < -0.4 is 11.1 Å². The molecule has 124 valence electrons. The van der Waals surface area contributed by atoms with E-state index in [1.807, 2.05) is 0 Å². The van der Waals surface area contributed by atoms with Crippen LogP contribution in [-0.4, -0.2) is 47.8 Å². The van der Waals surface area contributed by atoms with Crippen LogP contribution in [0.5, 0.6) is 0 Å². The molecule has 8 nitrogen and oxygen atoms in total. The molecule has 1 heterocycles. The number of nitrogens with one attached hydrogen (secondary N) is 1. The van der Waals surface area contributed by atoms with Crippen molar-refractivity contribution in [2.24, 2.45) is 5.73 Å². The van der Waals surface area contributed by atoms with Crippen molar-refractivity contribution in [2.45, 2.75) is 0 Å². The second-order valence-corrected chi connectivity index (χ2v) is 5.45. The molecule has 3 N–H and O–H groups in total. The van der Waals surface area contributed by atoms with E-state index in [1.165, 1.54) is 12.1 Å². The summed E-state index contributed by atoms with van der Waals surface area (Å²) in [5.74, 6) is -0.900. The van der Waals surface area contributed by atoms with Crippen LogP contribution in [0, 0.1) is 10.1 Å². The fourth-order valence-electron chi connectivity index (χ4n) is 2.87. The number of amides is 2. The van der Waals surface area contributed by atoms with Gasteiger partial charge in [0.2, 0.25) is 0 Å². The third kappa shape index (κ3) is 2.61. The molecule has 24 heavy (non-hydrogen) atoms. The zero-order valence-electron chi connectivity index (χ0n) is 12.8. The SMILES string of the molecule is NCCNCCN1C(=O)c2cccc3cc([N+](=O)[O-])cc(c23)C1=O. The van der Waals surface area contributed by atoms with E-state index in [2.05, 4.69) is 5.32 Å². The minimum Gasteiger partial charge on any atom is -0.329 e. The molecule has 0 fully saturated rings. The molecule has 0 atom stereocenters. The molecule has 2 aromatic carbocycles. The second-order valence-electron chi connectivity index (χ2n) is 5.45. The van der Waals surface area contributed by atoms with Crippen molar-refractivity contribution in [3.63, 3.8) is 0 Å². The Hall–Kier alpha value is -2.84. The first-order valence-electron chi connectivity index (χ1n) is 7.52. The Morgan fingerprint density at radius 2 is 1.88 bits per heavy atom. The highest BCUT2D eigenvalue weighted by Gasteiger charge is 2.33. The van der Waals surface area contributed by atoms with Crippen molar-refractivity contribution in [1.82, 2.24) is 10.2 Å². The molecule has 3 rings (SSSR count). The number of rotatable bonds is 6. The Labute approximate surface area is 137 Å². The topological polar surface area (TPSA) is 119 Å². The van der Waals surface area contributed by atoms with Gasteiger partial charge in [-0.15, -0.1) is 0 Å². The van der Waals surface area contributed by atoms with E-state index in [4.69, 9.17) is 5.73 Å². The molecule has 0 saturated carbocycles. The fourth-order valence-corrected chi connectivity index (χ4v) is 2.87. The molecule has 1 aliphatic heterocycles. The van der Waals surface area contributed by atoms with Crippen molar-refractivity contribution >= 4 is 28.3 Å². The molecule has 2 aromatic rings. The van der Waals surface area contributed by atoms with Crippen LogP contribution in [0.2, 0.25) is 0 Å². The van der Waals surface area contributed by atoms with Gasteiger partial charge in [0.1, 0.15) is 0 Å². The minimum absolute atomic E-state index is 0.168. The monoisotopic (exact) mass is 328 g/mol. The molecule has 0 spiro atoms. The van der Waals surface area contributed by atoms with Crippen molar-refractivity contribution < 1.29 is 14.5 Å². The summed E-state index contributed by atoms with van der Waals surface area (Å²) in [5.41, 5.74) is 5.79. The first-order chi connectivity index (χ1) is 11.5.